The number of hydrogen-bond donors (Lipinski definition) is 2. The molecule has 1 spiro atoms. The van der Waals surface area contributed by atoms with Crippen molar-refractivity contribution in [3.63, 3.8) is 0 Å². The molecule has 1 saturated carbocycles. The molecule has 146 valence electrons. The molecular formula is C21H26BrNO4. The maximum atomic E-state index is 12.8. The number of ketones is 1. The Bertz CT molecular complexity index is 842. The summed E-state index contributed by atoms with van der Waals surface area (Å²) in [6.45, 7) is 5.69. The number of carbonyl (C=O) groups is 1. The molecule has 27 heavy (non-hydrogen) atoms. The topological polar surface area (TPSA) is 66.8 Å². The van der Waals surface area contributed by atoms with Crippen molar-refractivity contribution in [3.05, 3.63) is 35.9 Å². The van der Waals surface area contributed by atoms with E-state index in [0.717, 1.165) is 41.5 Å². The SMILES string of the molecule is C=CCC[N@@+]1(C)CC[C@]23c4c5ccc(O)c4O[C@H]2C(=O)CC[C@@]3(O)[C@H]1C5.[Br-]. The number of aliphatic hydroxyl groups is 1. The molecule has 2 N–H and O–H groups in total. The second kappa shape index (κ2) is 5.82. The number of benzene rings is 1. The van der Waals surface area contributed by atoms with Crippen LogP contribution in [0.5, 0.6) is 11.5 Å². The molecule has 0 aromatic heterocycles. The fraction of sp³-hybridized carbons (Fsp3) is 0.571. The molecule has 0 unspecified atom stereocenters. The Morgan fingerprint density at radius 3 is 2.93 bits per heavy atom. The van der Waals surface area contributed by atoms with Crippen LogP contribution < -0.4 is 21.7 Å². The summed E-state index contributed by atoms with van der Waals surface area (Å²) in [5.41, 5.74) is 0.337. The summed E-state index contributed by atoms with van der Waals surface area (Å²) < 4.78 is 6.85. The molecule has 0 amide bonds. The Hall–Kier alpha value is -1.37. The number of likely N-dealkylation sites (N-methyl/N-ethyl adjacent to an activating group) is 1. The highest BCUT2D eigenvalue weighted by atomic mass is 79.9. The third-order valence-electron chi connectivity index (χ3n) is 7.75. The van der Waals surface area contributed by atoms with Crippen molar-refractivity contribution in [2.24, 2.45) is 0 Å². The van der Waals surface area contributed by atoms with Crippen LogP contribution in [-0.4, -0.2) is 58.4 Å². The minimum atomic E-state index is -0.980. The second-order valence-electron chi connectivity index (χ2n) is 8.78. The van der Waals surface area contributed by atoms with Gasteiger partial charge >= 0.3 is 0 Å². The average Bonchev–Trinajstić information content (AvgIpc) is 2.98. The molecule has 2 fully saturated rings. The summed E-state index contributed by atoms with van der Waals surface area (Å²) in [7, 11) is 2.23. The first-order valence-electron chi connectivity index (χ1n) is 9.59. The van der Waals surface area contributed by atoms with Crippen molar-refractivity contribution >= 4 is 5.78 Å². The van der Waals surface area contributed by atoms with Gasteiger partial charge in [0, 0.05) is 31.2 Å². The predicted octanol–water partition coefficient (Wildman–Crippen LogP) is -1.16. The lowest BCUT2D eigenvalue weighted by Gasteiger charge is -2.64. The number of ether oxygens (including phenoxy) is 1. The van der Waals surface area contributed by atoms with E-state index in [0.29, 0.717) is 25.0 Å². The number of halogens is 1. The molecule has 5 atom stereocenters. The molecule has 2 heterocycles. The Morgan fingerprint density at radius 2 is 2.19 bits per heavy atom. The average molecular weight is 436 g/mol. The zero-order valence-electron chi connectivity index (χ0n) is 15.6. The van der Waals surface area contributed by atoms with Crippen LogP contribution >= 0.6 is 0 Å². The van der Waals surface area contributed by atoms with E-state index in [1.165, 1.54) is 0 Å². The lowest BCUT2D eigenvalue weighted by atomic mass is 9.48. The summed E-state index contributed by atoms with van der Waals surface area (Å²) in [6.07, 6.45) is 4.45. The molecular weight excluding hydrogens is 410 g/mol. The van der Waals surface area contributed by atoms with E-state index in [1.807, 2.05) is 12.1 Å². The van der Waals surface area contributed by atoms with E-state index < -0.39 is 17.1 Å². The number of hydrogen-bond acceptors (Lipinski definition) is 4. The third-order valence-corrected chi connectivity index (χ3v) is 7.75. The lowest BCUT2D eigenvalue weighted by molar-refractivity contribution is -0.948. The molecule has 6 heteroatoms. The van der Waals surface area contributed by atoms with Crippen LogP contribution in [0.15, 0.2) is 24.8 Å². The smallest absolute Gasteiger partial charge is 0.174 e. The van der Waals surface area contributed by atoms with E-state index in [9.17, 15) is 15.0 Å². The van der Waals surface area contributed by atoms with E-state index in [-0.39, 0.29) is 34.6 Å². The number of aromatic hydroxyl groups is 1. The standard InChI is InChI=1S/C21H25NO4.BrH/c1-3-4-10-22(2)11-9-20-17-13-5-6-14(23)18(17)26-19(20)15(24)7-8-21(20,25)16(22)12-13;/h3,5-6,16,19,25H,1,4,7-12H2,2H3;1H/t16-,19+,20+,21-,22+;/m1./s1. The van der Waals surface area contributed by atoms with Gasteiger partial charge in [-0.2, -0.15) is 0 Å². The Labute approximate surface area is 170 Å². The summed E-state index contributed by atoms with van der Waals surface area (Å²) in [6, 6.07) is 3.65. The number of quaternary nitrogens is 1. The van der Waals surface area contributed by atoms with Gasteiger partial charge in [0.1, 0.15) is 11.6 Å². The first-order chi connectivity index (χ1) is 12.4. The van der Waals surface area contributed by atoms with Gasteiger partial charge in [0.2, 0.25) is 0 Å². The van der Waals surface area contributed by atoms with E-state index >= 15 is 0 Å². The van der Waals surface area contributed by atoms with Crippen LogP contribution in [0.2, 0.25) is 0 Å². The van der Waals surface area contributed by atoms with Gasteiger partial charge in [0.25, 0.3) is 0 Å². The van der Waals surface area contributed by atoms with Crippen LogP contribution in [0, 0.1) is 0 Å². The van der Waals surface area contributed by atoms with Crippen molar-refractivity contribution in [1.82, 2.24) is 0 Å². The second-order valence-corrected chi connectivity index (χ2v) is 8.78. The van der Waals surface area contributed by atoms with Crippen LogP contribution in [-0.2, 0) is 16.6 Å². The number of likely N-dealkylation sites (tertiary alicyclic amines) is 1. The highest BCUT2D eigenvalue weighted by Crippen LogP contribution is 2.65. The highest BCUT2D eigenvalue weighted by Gasteiger charge is 2.76. The van der Waals surface area contributed by atoms with Gasteiger partial charge in [-0.25, -0.2) is 0 Å². The molecule has 1 aromatic carbocycles. The van der Waals surface area contributed by atoms with E-state index in [4.69, 9.17) is 4.74 Å². The van der Waals surface area contributed by atoms with Gasteiger partial charge in [-0.1, -0.05) is 12.1 Å². The minimum Gasteiger partial charge on any atom is -1.00 e. The molecule has 4 aliphatic rings. The van der Waals surface area contributed by atoms with Gasteiger partial charge in [0.05, 0.1) is 25.6 Å². The van der Waals surface area contributed by atoms with Crippen molar-refractivity contribution in [2.75, 3.05) is 20.1 Å². The lowest BCUT2D eigenvalue weighted by Crippen LogP contribution is -3.00. The fourth-order valence-electron chi connectivity index (χ4n) is 6.48. The van der Waals surface area contributed by atoms with Crippen molar-refractivity contribution in [1.29, 1.82) is 0 Å². The molecule has 2 aliphatic heterocycles. The van der Waals surface area contributed by atoms with Gasteiger partial charge < -0.3 is 36.4 Å². The number of nitrogens with zero attached hydrogens (tertiary/aromatic N) is 1. The van der Waals surface area contributed by atoms with Gasteiger partial charge in [-0.15, -0.1) is 6.58 Å². The van der Waals surface area contributed by atoms with Crippen molar-refractivity contribution in [2.45, 2.75) is 55.3 Å². The largest absolute Gasteiger partial charge is 1.00 e. The van der Waals surface area contributed by atoms with Gasteiger partial charge in [-0.3, -0.25) is 4.79 Å². The van der Waals surface area contributed by atoms with Crippen LogP contribution in [0.25, 0.3) is 0 Å². The number of Topliss-reactive ketones (excluding diaryl/α,β-unsaturated/α-hetero) is 1. The van der Waals surface area contributed by atoms with Crippen molar-refractivity contribution in [3.8, 4) is 11.5 Å². The van der Waals surface area contributed by atoms with E-state index in [2.05, 4.69) is 13.6 Å². The normalized spacial score (nSPS) is 40.6. The van der Waals surface area contributed by atoms with Gasteiger partial charge in [-0.05, 0) is 18.1 Å². The predicted molar refractivity (Wildman–Crippen MR) is 96.2 cm³/mol. The number of phenolic OH excluding ortho intramolecular Hbond substituents is 1. The molecule has 2 aliphatic carbocycles. The summed E-state index contributed by atoms with van der Waals surface area (Å²) in [4.78, 5) is 12.8. The highest BCUT2D eigenvalue weighted by molar-refractivity contribution is 5.90. The molecule has 5 rings (SSSR count). The number of phenols is 1. The maximum Gasteiger partial charge on any atom is 0.174 e. The molecule has 1 saturated heterocycles. The monoisotopic (exact) mass is 435 g/mol. The first-order valence-corrected chi connectivity index (χ1v) is 9.59. The quantitative estimate of drug-likeness (QED) is 0.464. The number of rotatable bonds is 3. The summed E-state index contributed by atoms with van der Waals surface area (Å²) in [5.74, 6) is 0.566. The number of piperidine rings is 1. The molecule has 0 radical (unpaired) electrons. The van der Waals surface area contributed by atoms with Crippen LogP contribution in [0.3, 0.4) is 0 Å². The van der Waals surface area contributed by atoms with Gasteiger partial charge in [0.15, 0.2) is 23.4 Å². The fourth-order valence-corrected chi connectivity index (χ4v) is 6.48. The van der Waals surface area contributed by atoms with E-state index in [1.54, 1.807) is 6.07 Å². The molecule has 2 bridgehead atoms. The minimum absolute atomic E-state index is 0. The Kier molecular flexibility index (Phi) is 4.09. The zero-order valence-corrected chi connectivity index (χ0v) is 17.2. The van der Waals surface area contributed by atoms with Crippen molar-refractivity contribution < 1.29 is 41.2 Å². The maximum absolute atomic E-state index is 12.8. The third kappa shape index (κ3) is 2.04. The molecule has 5 nitrogen and oxygen atoms in total. The Balaban J connectivity index is 0.00000180. The number of carbonyl (C=O) groups excluding carboxylic acids is 1. The first kappa shape index (κ1) is 19.0. The zero-order chi connectivity index (χ0) is 18.3. The van der Waals surface area contributed by atoms with Crippen LogP contribution in [0.1, 0.15) is 36.8 Å². The Morgan fingerprint density at radius 1 is 1.41 bits per heavy atom. The van der Waals surface area contributed by atoms with Crippen LogP contribution in [0.4, 0.5) is 0 Å². The molecule has 1 aromatic rings. The summed E-state index contributed by atoms with van der Waals surface area (Å²) in [5, 5.41) is 22.5. The summed E-state index contributed by atoms with van der Waals surface area (Å²) >= 11 is 0.